The van der Waals surface area contributed by atoms with Gasteiger partial charge in [0.1, 0.15) is 11.5 Å². The fraction of sp³-hybridized carbons (Fsp3) is 0.714. The van der Waals surface area contributed by atoms with Crippen LogP contribution in [-0.2, 0) is 12.8 Å². The van der Waals surface area contributed by atoms with Crippen LogP contribution in [0.3, 0.4) is 0 Å². The SMILES string of the molecule is [B]C(C)(CC)Cc1oc(C)c(C)c1CCC. The third-order valence-corrected chi connectivity index (χ3v) is 3.47. The molecule has 88 valence electrons. The van der Waals surface area contributed by atoms with E-state index in [2.05, 4.69) is 27.7 Å². The molecule has 1 unspecified atom stereocenters. The van der Waals surface area contributed by atoms with Gasteiger partial charge < -0.3 is 4.42 Å². The summed E-state index contributed by atoms with van der Waals surface area (Å²) in [6.45, 7) is 10.6. The Bertz CT molecular complexity index is 350. The molecule has 1 nitrogen and oxygen atoms in total. The minimum atomic E-state index is -0.154. The maximum Gasteiger partial charge on any atom is 0.107 e. The minimum Gasteiger partial charge on any atom is -0.466 e. The Hall–Kier alpha value is -0.655. The van der Waals surface area contributed by atoms with E-state index in [0.717, 1.165) is 37.2 Å². The van der Waals surface area contributed by atoms with Crippen molar-refractivity contribution in [1.29, 1.82) is 0 Å². The normalized spacial score (nSPS) is 15.1. The van der Waals surface area contributed by atoms with Crippen molar-refractivity contribution in [3.8, 4) is 0 Å². The molecule has 1 rings (SSSR count). The first kappa shape index (κ1) is 13.4. The van der Waals surface area contributed by atoms with Gasteiger partial charge in [0, 0.05) is 6.42 Å². The van der Waals surface area contributed by atoms with Crippen LogP contribution in [0.15, 0.2) is 4.42 Å². The van der Waals surface area contributed by atoms with Crippen molar-refractivity contribution in [1.82, 2.24) is 0 Å². The average Bonchev–Trinajstić information content (AvgIpc) is 2.46. The first-order valence-corrected chi connectivity index (χ1v) is 6.28. The van der Waals surface area contributed by atoms with Gasteiger partial charge in [-0.1, -0.05) is 38.9 Å². The van der Waals surface area contributed by atoms with Crippen molar-refractivity contribution in [2.24, 2.45) is 0 Å². The zero-order valence-electron chi connectivity index (χ0n) is 11.3. The first-order chi connectivity index (χ1) is 7.41. The van der Waals surface area contributed by atoms with Crippen molar-refractivity contribution in [2.75, 3.05) is 0 Å². The summed E-state index contributed by atoms with van der Waals surface area (Å²) in [6.07, 6.45) is 4.06. The van der Waals surface area contributed by atoms with E-state index in [1.165, 1.54) is 11.1 Å². The summed E-state index contributed by atoms with van der Waals surface area (Å²) in [5.41, 5.74) is 2.69. The summed E-state index contributed by atoms with van der Waals surface area (Å²) >= 11 is 0. The molecule has 0 aromatic carbocycles. The van der Waals surface area contributed by atoms with Crippen LogP contribution in [0.2, 0.25) is 5.31 Å². The third-order valence-electron chi connectivity index (χ3n) is 3.47. The van der Waals surface area contributed by atoms with E-state index < -0.39 is 0 Å². The molecule has 0 N–H and O–H groups in total. The molecular formula is C14H23BO. The molecule has 0 saturated heterocycles. The molecule has 0 bridgehead atoms. The number of furan rings is 1. The maximum atomic E-state index is 6.21. The van der Waals surface area contributed by atoms with Gasteiger partial charge in [-0.2, -0.15) is 0 Å². The van der Waals surface area contributed by atoms with Crippen molar-refractivity contribution >= 4 is 7.85 Å². The molecule has 0 aliphatic rings. The van der Waals surface area contributed by atoms with Crippen LogP contribution in [0.1, 0.15) is 56.3 Å². The van der Waals surface area contributed by atoms with E-state index in [1.807, 2.05) is 6.92 Å². The number of hydrogen-bond donors (Lipinski definition) is 0. The second kappa shape index (κ2) is 5.12. The number of aryl methyl sites for hydroxylation is 1. The molecule has 0 spiro atoms. The molecule has 1 aromatic heterocycles. The Balaban J connectivity index is 2.99. The van der Waals surface area contributed by atoms with Crippen LogP contribution < -0.4 is 0 Å². The van der Waals surface area contributed by atoms with E-state index in [1.54, 1.807) is 0 Å². The molecule has 1 aromatic rings. The lowest BCUT2D eigenvalue weighted by Crippen LogP contribution is -2.11. The van der Waals surface area contributed by atoms with Crippen LogP contribution in [0.5, 0.6) is 0 Å². The van der Waals surface area contributed by atoms with Gasteiger partial charge >= 0.3 is 0 Å². The van der Waals surface area contributed by atoms with Gasteiger partial charge in [0.15, 0.2) is 0 Å². The molecule has 1 heterocycles. The lowest BCUT2D eigenvalue weighted by molar-refractivity contribution is 0.440. The van der Waals surface area contributed by atoms with Crippen LogP contribution in [0.4, 0.5) is 0 Å². The van der Waals surface area contributed by atoms with Crippen molar-refractivity contribution in [2.45, 2.75) is 65.6 Å². The lowest BCUT2D eigenvalue weighted by Gasteiger charge is -2.22. The standard InChI is InChI=1S/C14H23BO/c1-6-8-12-10(3)11(4)16-13(12)9-14(5,15)7-2/h6-9H2,1-5H3. The summed E-state index contributed by atoms with van der Waals surface area (Å²) in [5, 5.41) is -0.154. The number of rotatable bonds is 5. The molecule has 0 aliphatic carbocycles. The highest BCUT2D eigenvalue weighted by atomic mass is 16.3. The molecule has 0 saturated carbocycles. The highest BCUT2D eigenvalue weighted by molar-refractivity contribution is 6.14. The highest BCUT2D eigenvalue weighted by Gasteiger charge is 2.21. The van der Waals surface area contributed by atoms with Gasteiger partial charge in [0.25, 0.3) is 0 Å². The maximum absolute atomic E-state index is 6.21. The first-order valence-electron chi connectivity index (χ1n) is 6.28. The predicted molar refractivity (Wildman–Crippen MR) is 70.3 cm³/mol. The summed E-state index contributed by atoms with van der Waals surface area (Å²) < 4.78 is 5.86. The van der Waals surface area contributed by atoms with E-state index in [0.29, 0.717) is 0 Å². The van der Waals surface area contributed by atoms with E-state index in [4.69, 9.17) is 12.3 Å². The van der Waals surface area contributed by atoms with Gasteiger partial charge in [0.2, 0.25) is 0 Å². The Labute approximate surface area is 101 Å². The molecule has 0 aliphatic heterocycles. The van der Waals surface area contributed by atoms with Gasteiger partial charge in [0.05, 0.1) is 7.85 Å². The van der Waals surface area contributed by atoms with E-state index >= 15 is 0 Å². The minimum absolute atomic E-state index is 0.154. The summed E-state index contributed by atoms with van der Waals surface area (Å²) in [6, 6.07) is 0. The summed E-state index contributed by atoms with van der Waals surface area (Å²) in [4.78, 5) is 0. The Kier molecular flexibility index (Phi) is 4.29. The van der Waals surface area contributed by atoms with Gasteiger partial charge in [-0.15, -0.1) is 0 Å². The largest absolute Gasteiger partial charge is 0.466 e. The van der Waals surface area contributed by atoms with Gasteiger partial charge in [-0.3, -0.25) is 0 Å². The Morgan fingerprint density at radius 1 is 1.25 bits per heavy atom. The highest BCUT2D eigenvalue weighted by Crippen LogP contribution is 2.34. The summed E-state index contributed by atoms with van der Waals surface area (Å²) in [7, 11) is 6.21. The quantitative estimate of drug-likeness (QED) is 0.676. The predicted octanol–water partition coefficient (Wildman–Crippen LogP) is 4.15. The third kappa shape index (κ3) is 2.93. The van der Waals surface area contributed by atoms with E-state index in [9.17, 15) is 0 Å². The molecule has 0 amide bonds. The van der Waals surface area contributed by atoms with Crippen LogP contribution in [0, 0.1) is 13.8 Å². The second-order valence-electron chi connectivity index (χ2n) is 5.12. The molecule has 2 radical (unpaired) electrons. The average molecular weight is 218 g/mol. The van der Waals surface area contributed by atoms with Crippen molar-refractivity contribution in [3.63, 3.8) is 0 Å². The van der Waals surface area contributed by atoms with Crippen LogP contribution >= 0.6 is 0 Å². The van der Waals surface area contributed by atoms with Gasteiger partial charge in [-0.25, -0.2) is 0 Å². The van der Waals surface area contributed by atoms with E-state index in [-0.39, 0.29) is 5.31 Å². The zero-order chi connectivity index (χ0) is 12.3. The zero-order valence-corrected chi connectivity index (χ0v) is 11.3. The lowest BCUT2D eigenvalue weighted by atomic mass is 9.65. The molecular weight excluding hydrogens is 195 g/mol. The Morgan fingerprint density at radius 3 is 2.38 bits per heavy atom. The van der Waals surface area contributed by atoms with Gasteiger partial charge in [-0.05, 0) is 31.4 Å². The van der Waals surface area contributed by atoms with Crippen molar-refractivity contribution in [3.05, 3.63) is 22.6 Å². The van der Waals surface area contributed by atoms with Crippen molar-refractivity contribution < 1.29 is 4.42 Å². The smallest absolute Gasteiger partial charge is 0.107 e. The fourth-order valence-electron chi connectivity index (χ4n) is 1.96. The topological polar surface area (TPSA) is 13.1 Å². The molecule has 16 heavy (non-hydrogen) atoms. The second-order valence-corrected chi connectivity index (χ2v) is 5.12. The Morgan fingerprint density at radius 2 is 1.88 bits per heavy atom. The molecule has 2 heteroatoms. The van der Waals surface area contributed by atoms with Crippen LogP contribution in [0.25, 0.3) is 0 Å². The fourth-order valence-corrected chi connectivity index (χ4v) is 1.96. The van der Waals surface area contributed by atoms with Crippen LogP contribution in [-0.4, -0.2) is 7.85 Å². The summed E-state index contributed by atoms with van der Waals surface area (Å²) in [5.74, 6) is 2.15. The molecule has 1 atom stereocenters. The number of hydrogen-bond acceptors (Lipinski definition) is 1. The molecule has 0 fully saturated rings. The monoisotopic (exact) mass is 218 g/mol.